The van der Waals surface area contributed by atoms with Crippen LogP contribution in [-0.2, 0) is 14.8 Å². The highest BCUT2D eigenvalue weighted by Crippen LogP contribution is 2.26. The van der Waals surface area contributed by atoms with Crippen molar-refractivity contribution in [3.8, 4) is 5.75 Å². The van der Waals surface area contributed by atoms with E-state index in [1.807, 2.05) is 6.92 Å². The van der Waals surface area contributed by atoms with Crippen LogP contribution in [0.15, 0.2) is 23.1 Å². The summed E-state index contributed by atoms with van der Waals surface area (Å²) in [7, 11) is -2.40. The second-order valence-corrected chi connectivity index (χ2v) is 5.69. The van der Waals surface area contributed by atoms with Gasteiger partial charge in [0, 0.05) is 0 Å². The molecule has 4 N–H and O–H groups in total. The molecule has 1 rings (SSSR count). The van der Waals surface area contributed by atoms with Crippen molar-refractivity contribution < 1.29 is 17.9 Å². The van der Waals surface area contributed by atoms with E-state index in [1.165, 1.54) is 25.3 Å². The molecule has 20 heavy (non-hydrogen) atoms. The van der Waals surface area contributed by atoms with Crippen molar-refractivity contribution in [2.75, 3.05) is 25.5 Å². The first-order chi connectivity index (χ1) is 9.38. The fourth-order valence-corrected chi connectivity index (χ4v) is 2.07. The first-order valence-electron chi connectivity index (χ1n) is 6.10. The maximum absolute atomic E-state index is 11.7. The number of carbonyl (C=O) groups excluding carboxylic acids is 1. The summed E-state index contributed by atoms with van der Waals surface area (Å²) in [6.07, 6.45) is 0.914. The van der Waals surface area contributed by atoms with Crippen molar-refractivity contribution in [2.45, 2.75) is 18.2 Å². The van der Waals surface area contributed by atoms with E-state index in [0.717, 1.165) is 13.0 Å². The highest BCUT2D eigenvalue weighted by molar-refractivity contribution is 7.89. The van der Waals surface area contributed by atoms with Gasteiger partial charge in [-0.3, -0.25) is 4.79 Å². The minimum atomic E-state index is -3.83. The van der Waals surface area contributed by atoms with E-state index in [1.54, 1.807) is 0 Å². The molecule has 7 nitrogen and oxygen atoms in total. The summed E-state index contributed by atoms with van der Waals surface area (Å²) < 4.78 is 27.7. The Balaban J connectivity index is 2.89. The highest BCUT2D eigenvalue weighted by atomic mass is 32.2. The molecular formula is C12H19N3O4S. The topological polar surface area (TPSA) is 111 Å². The molecule has 0 aliphatic heterocycles. The number of benzene rings is 1. The van der Waals surface area contributed by atoms with Crippen LogP contribution in [0.25, 0.3) is 0 Å². The van der Waals surface area contributed by atoms with Crippen molar-refractivity contribution in [1.82, 2.24) is 5.32 Å². The zero-order valence-electron chi connectivity index (χ0n) is 11.5. The summed E-state index contributed by atoms with van der Waals surface area (Å²) in [6, 6.07) is 4.03. The zero-order valence-corrected chi connectivity index (χ0v) is 12.3. The average molecular weight is 301 g/mol. The largest absolute Gasteiger partial charge is 0.495 e. The SMILES string of the molecule is CCCNCC(=O)Nc1cc(S(N)(=O)=O)ccc1OC. The standard InChI is InChI=1S/C12H19N3O4S/c1-3-6-14-8-12(16)15-10-7-9(20(13,17)18)4-5-11(10)19-2/h4-5,7,14H,3,6,8H2,1-2H3,(H,15,16)(H2,13,17,18). The van der Waals surface area contributed by atoms with Gasteiger partial charge in [0.05, 0.1) is 24.2 Å². The number of hydrogen-bond acceptors (Lipinski definition) is 5. The summed E-state index contributed by atoms with van der Waals surface area (Å²) in [5, 5.41) is 10.6. The smallest absolute Gasteiger partial charge is 0.238 e. The Morgan fingerprint density at radius 2 is 2.10 bits per heavy atom. The molecule has 0 fully saturated rings. The lowest BCUT2D eigenvalue weighted by Gasteiger charge is -2.11. The molecule has 0 heterocycles. The van der Waals surface area contributed by atoms with Gasteiger partial charge in [0.25, 0.3) is 0 Å². The molecule has 1 aromatic carbocycles. The second-order valence-electron chi connectivity index (χ2n) is 4.13. The fourth-order valence-electron chi connectivity index (χ4n) is 1.53. The lowest BCUT2D eigenvalue weighted by Crippen LogP contribution is -2.28. The third-order valence-corrected chi connectivity index (χ3v) is 3.40. The van der Waals surface area contributed by atoms with E-state index in [9.17, 15) is 13.2 Å². The first-order valence-corrected chi connectivity index (χ1v) is 7.64. The molecule has 0 unspecified atom stereocenters. The Labute approximate surface area is 118 Å². The van der Waals surface area contributed by atoms with E-state index in [2.05, 4.69) is 10.6 Å². The number of sulfonamides is 1. The number of carbonyl (C=O) groups is 1. The molecule has 0 atom stereocenters. The summed E-state index contributed by atoms with van der Waals surface area (Å²) >= 11 is 0. The van der Waals surface area contributed by atoms with Gasteiger partial charge in [0.2, 0.25) is 15.9 Å². The predicted molar refractivity (Wildman–Crippen MR) is 76.2 cm³/mol. The molecule has 0 saturated carbocycles. The van der Waals surface area contributed by atoms with Gasteiger partial charge in [-0.05, 0) is 31.2 Å². The first kappa shape index (κ1) is 16.4. The molecule has 112 valence electrons. The lowest BCUT2D eigenvalue weighted by atomic mass is 10.3. The Kier molecular flexibility index (Phi) is 5.93. The molecule has 0 aliphatic carbocycles. The number of methoxy groups -OCH3 is 1. The molecule has 0 radical (unpaired) electrons. The van der Waals surface area contributed by atoms with Crippen molar-refractivity contribution in [3.63, 3.8) is 0 Å². The van der Waals surface area contributed by atoms with Crippen LogP contribution in [0.2, 0.25) is 0 Å². The van der Waals surface area contributed by atoms with Gasteiger partial charge >= 0.3 is 0 Å². The van der Waals surface area contributed by atoms with Gasteiger partial charge in [-0.25, -0.2) is 13.6 Å². The van der Waals surface area contributed by atoms with Crippen LogP contribution in [0.3, 0.4) is 0 Å². The number of rotatable bonds is 7. The summed E-state index contributed by atoms with van der Waals surface area (Å²) in [5.74, 6) is 0.0737. The van der Waals surface area contributed by atoms with Crippen molar-refractivity contribution >= 4 is 21.6 Å². The molecule has 8 heteroatoms. The monoisotopic (exact) mass is 301 g/mol. The van der Waals surface area contributed by atoms with E-state index in [0.29, 0.717) is 5.75 Å². The molecule has 0 aliphatic rings. The number of nitrogens with one attached hydrogen (secondary N) is 2. The maximum atomic E-state index is 11.7. The van der Waals surface area contributed by atoms with Gasteiger partial charge < -0.3 is 15.4 Å². The van der Waals surface area contributed by atoms with Crippen LogP contribution in [0, 0.1) is 0 Å². The van der Waals surface area contributed by atoms with Crippen LogP contribution in [0.5, 0.6) is 5.75 Å². The molecule has 0 spiro atoms. The van der Waals surface area contributed by atoms with Crippen molar-refractivity contribution in [3.05, 3.63) is 18.2 Å². The van der Waals surface area contributed by atoms with Crippen LogP contribution >= 0.6 is 0 Å². The molecule has 0 aromatic heterocycles. The Hall–Kier alpha value is -1.64. The predicted octanol–water partition coefficient (Wildman–Crippen LogP) is 0.281. The van der Waals surface area contributed by atoms with Crippen LogP contribution < -0.4 is 20.5 Å². The lowest BCUT2D eigenvalue weighted by molar-refractivity contribution is -0.115. The van der Waals surface area contributed by atoms with Gasteiger partial charge in [0.1, 0.15) is 5.75 Å². The molecule has 0 bridgehead atoms. The number of ether oxygens (including phenoxy) is 1. The minimum absolute atomic E-state index is 0.0879. The maximum Gasteiger partial charge on any atom is 0.238 e. The van der Waals surface area contributed by atoms with Crippen LogP contribution in [0.4, 0.5) is 5.69 Å². The highest BCUT2D eigenvalue weighted by Gasteiger charge is 2.13. The normalized spacial score (nSPS) is 11.2. The number of primary sulfonamides is 1. The number of nitrogens with two attached hydrogens (primary N) is 1. The number of anilines is 1. The molecule has 0 saturated heterocycles. The van der Waals surface area contributed by atoms with Gasteiger partial charge in [-0.1, -0.05) is 6.92 Å². The van der Waals surface area contributed by atoms with Crippen molar-refractivity contribution in [2.24, 2.45) is 5.14 Å². The molecule has 1 amide bonds. The third kappa shape index (κ3) is 4.80. The zero-order chi connectivity index (χ0) is 15.2. The Bertz CT molecular complexity index is 572. The third-order valence-electron chi connectivity index (χ3n) is 2.49. The number of hydrogen-bond donors (Lipinski definition) is 3. The van der Waals surface area contributed by atoms with Gasteiger partial charge in [-0.2, -0.15) is 0 Å². The summed E-state index contributed by atoms with van der Waals surface area (Å²) in [6.45, 7) is 2.85. The Morgan fingerprint density at radius 3 is 2.65 bits per heavy atom. The van der Waals surface area contributed by atoms with Crippen LogP contribution in [-0.4, -0.2) is 34.5 Å². The van der Waals surface area contributed by atoms with Gasteiger partial charge in [-0.15, -0.1) is 0 Å². The summed E-state index contributed by atoms with van der Waals surface area (Å²) in [5.41, 5.74) is 0.266. The molecule has 1 aromatic rings. The van der Waals surface area contributed by atoms with E-state index in [-0.39, 0.29) is 23.0 Å². The van der Waals surface area contributed by atoms with Crippen LogP contribution in [0.1, 0.15) is 13.3 Å². The number of amides is 1. The minimum Gasteiger partial charge on any atom is -0.495 e. The fraction of sp³-hybridized carbons (Fsp3) is 0.417. The Morgan fingerprint density at radius 1 is 1.40 bits per heavy atom. The second kappa shape index (κ2) is 7.22. The molecular weight excluding hydrogens is 282 g/mol. The summed E-state index contributed by atoms with van der Waals surface area (Å²) in [4.78, 5) is 11.6. The van der Waals surface area contributed by atoms with E-state index in [4.69, 9.17) is 9.88 Å². The van der Waals surface area contributed by atoms with Gasteiger partial charge in [0.15, 0.2) is 0 Å². The van der Waals surface area contributed by atoms with E-state index < -0.39 is 10.0 Å². The van der Waals surface area contributed by atoms with Crippen molar-refractivity contribution in [1.29, 1.82) is 0 Å². The van der Waals surface area contributed by atoms with E-state index >= 15 is 0 Å². The quantitative estimate of drug-likeness (QED) is 0.627. The average Bonchev–Trinajstić information content (AvgIpc) is 2.38.